The quantitative estimate of drug-likeness (QED) is 0.255. The van der Waals surface area contributed by atoms with Gasteiger partial charge in [-0.1, -0.05) is 19.0 Å². The van der Waals surface area contributed by atoms with Gasteiger partial charge in [-0.05, 0) is 44.6 Å². The average Bonchev–Trinajstić information content (AvgIpc) is 2.30. The number of likely N-dealkylation sites (tertiary alicyclic amines) is 1. The minimum absolute atomic E-state index is 0.346. The Morgan fingerprint density at radius 3 is 2.71 bits per heavy atom. The number of rotatable bonds is 5. The second-order valence-electron chi connectivity index (χ2n) is 5.60. The molecule has 1 saturated heterocycles. The van der Waals surface area contributed by atoms with Crippen LogP contribution in [0.15, 0.2) is 5.16 Å². The Morgan fingerprint density at radius 2 is 2.06 bits per heavy atom. The molecule has 100 valence electrons. The van der Waals surface area contributed by atoms with Crippen LogP contribution >= 0.6 is 0 Å². The van der Waals surface area contributed by atoms with Gasteiger partial charge in [0.15, 0.2) is 0 Å². The summed E-state index contributed by atoms with van der Waals surface area (Å²) < 4.78 is 0. The van der Waals surface area contributed by atoms with E-state index < -0.39 is 0 Å². The van der Waals surface area contributed by atoms with E-state index in [1.807, 2.05) is 0 Å². The van der Waals surface area contributed by atoms with Crippen LogP contribution in [-0.2, 0) is 0 Å². The minimum Gasteiger partial charge on any atom is -0.409 e. The van der Waals surface area contributed by atoms with Crippen LogP contribution in [0.2, 0.25) is 0 Å². The Kier molecular flexibility index (Phi) is 5.75. The summed E-state index contributed by atoms with van der Waals surface area (Å²) in [6, 6.07) is 0.690. The van der Waals surface area contributed by atoms with Crippen molar-refractivity contribution in [1.29, 1.82) is 0 Å². The monoisotopic (exact) mass is 241 g/mol. The molecule has 3 N–H and O–H groups in total. The van der Waals surface area contributed by atoms with Gasteiger partial charge in [-0.3, -0.25) is 0 Å². The van der Waals surface area contributed by atoms with E-state index in [9.17, 15) is 0 Å². The SMILES string of the molecule is CC1CC(C)C(C)N(CCCCC(N)=NO)C1. The van der Waals surface area contributed by atoms with Crippen molar-refractivity contribution in [2.45, 2.75) is 52.5 Å². The molecule has 0 aromatic rings. The molecule has 0 aliphatic carbocycles. The number of nitrogens with two attached hydrogens (primary N) is 1. The Morgan fingerprint density at radius 1 is 1.35 bits per heavy atom. The molecule has 3 atom stereocenters. The van der Waals surface area contributed by atoms with E-state index in [0.717, 1.165) is 31.2 Å². The zero-order valence-corrected chi connectivity index (χ0v) is 11.4. The summed E-state index contributed by atoms with van der Waals surface area (Å²) >= 11 is 0. The molecule has 4 heteroatoms. The van der Waals surface area contributed by atoms with Crippen LogP contribution in [0.5, 0.6) is 0 Å². The molecule has 1 heterocycles. The summed E-state index contributed by atoms with van der Waals surface area (Å²) in [4.78, 5) is 2.59. The fourth-order valence-electron chi connectivity index (χ4n) is 2.80. The number of oxime groups is 1. The van der Waals surface area contributed by atoms with Gasteiger partial charge in [0.25, 0.3) is 0 Å². The van der Waals surface area contributed by atoms with Crippen LogP contribution in [0.4, 0.5) is 0 Å². The molecule has 0 bridgehead atoms. The smallest absolute Gasteiger partial charge is 0.139 e. The van der Waals surface area contributed by atoms with Crippen molar-refractivity contribution < 1.29 is 5.21 Å². The predicted molar refractivity (Wildman–Crippen MR) is 71.2 cm³/mol. The molecule has 17 heavy (non-hydrogen) atoms. The molecule has 0 spiro atoms. The van der Waals surface area contributed by atoms with E-state index >= 15 is 0 Å². The molecular formula is C13H27N3O. The maximum Gasteiger partial charge on any atom is 0.139 e. The van der Waals surface area contributed by atoms with E-state index in [-0.39, 0.29) is 0 Å². The van der Waals surface area contributed by atoms with Gasteiger partial charge in [-0.25, -0.2) is 0 Å². The largest absolute Gasteiger partial charge is 0.409 e. The summed E-state index contributed by atoms with van der Waals surface area (Å²) in [5.74, 6) is 1.95. The standard InChI is InChI=1S/C13H27N3O/c1-10-8-11(2)12(3)16(9-10)7-5-4-6-13(14)15-17/h10-12,17H,4-9H2,1-3H3,(H2,14,15). The summed E-state index contributed by atoms with van der Waals surface area (Å²) in [5, 5.41) is 11.4. The molecule has 0 aromatic heterocycles. The number of nitrogens with zero attached hydrogens (tertiary/aromatic N) is 2. The molecule has 0 aromatic carbocycles. The van der Waals surface area contributed by atoms with Gasteiger partial charge in [-0.15, -0.1) is 0 Å². The Labute approximate surface area is 105 Å². The average molecular weight is 241 g/mol. The lowest BCUT2D eigenvalue weighted by Crippen LogP contribution is -2.46. The molecular weight excluding hydrogens is 214 g/mol. The van der Waals surface area contributed by atoms with Gasteiger partial charge in [-0.2, -0.15) is 0 Å². The summed E-state index contributed by atoms with van der Waals surface area (Å²) in [6.45, 7) is 9.37. The van der Waals surface area contributed by atoms with Gasteiger partial charge in [0, 0.05) is 19.0 Å². The fraction of sp³-hybridized carbons (Fsp3) is 0.923. The van der Waals surface area contributed by atoms with Crippen molar-refractivity contribution in [1.82, 2.24) is 4.90 Å². The van der Waals surface area contributed by atoms with Crippen molar-refractivity contribution in [2.24, 2.45) is 22.7 Å². The first-order chi connectivity index (χ1) is 8.04. The van der Waals surface area contributed by atoms with Crippen molar-refractivity contribution in [3.8, 4) is 0 Å². The highest BCUT2D eigenvalue weighted by atomic mass is 16.4. The lowest BCUT2D eigenvalue weighted by atomic mass is 9.86. The fourth-order valence-corrected chi connectivity index (χ4v) is 2.80. The van der Waals surface area contributed by atoms with E-state index in [4.69, 9.17) is 10.9 Å². The zero-order chi connectivity index (χ0) is 12.8. The van der Waals surface area contributed by atoms with Crippen molar-refractivity contribution in [3.63, 3.8) is 0 Å². The van der Waals surface area contributed by atoms with Crippen molar-refractivity contribution >= 4 is 5.84 Å². The topological polar surface area (TPSA) is 61.8 Å². The first-order valence-electron chi connectivity index (χ1n) is 6.75. The highest BCUT2D eigenvalue weighted by Gasteiger charge is 2.27. The number of hydrogen-bond donors (Lipinski definition) is 2. The third-order valence-corrected chi connectivity index (χ3v) is 3.98. The van der Waals surface area contributed by atoms with Gasteiger partial charge in [0.05, 0.1) is 0 Å². The first kappa shape index (κ1) is 14.3. The lowest BCUT2D eigenvalue weighted by Gasteiger charge is -2.41. The van der Waals surface area contributed by atoms with Crippen LogP contribution in [0.1, 0.15) is 46.5 Å². The molecule has 1 aliphatic heterocycles. The molecule has 1 fully saturated rings. The van der Waals surface area contributed by atoms with Crippen molar-refractivity contribution in [2.75, 3.05) is 13.1 Å². The molecule has 3 unspecified atom stereocenters. The third kappa shape index (κ3) is 4.54. The predicted octanol–water partition coefficient (Wildman–Crippen LogP) is 2.27. The minimum atomic E-state index is 0.346. The number of piperidine rings is 1. The summed E-state index contributed by atoms with van der Waals surface area (Å²) in [7, 11) is 0. The Hall–Kier alpha value is -0.770. The summed E-state index contributed by atoms with van der Waals surface area (Å²) in [5.41, 5.74) is 5.45. The van der Waals surface area contributed by atoms with Crippen LogP contribution in [0.3, 0.4) is 0 Å². The zero-order valence-electron chi connectivity index (χ0n) is 11.4. The Balaban J connectivity index is 2.25. The first-order valence-corrected chi connectivity index (χ1v) is 6.75. The van der Waals surface area contributed by atoms with E-state index in [1.165, 1.54) is 13.0 Å². The highest BCUT2D eigenvalue weighted by Crippen LogP contribution is 2.26. The maximum atomic E-state index is 8.45. The molecule has 0 radical (unpaired) electrons. The van der Waals surface area contributed by atoms with E-state index in [2.05, 4.69) is 30.8 Å². The molecule has 4 nitrogen and oxygen atoms in total. The second kappa shape index (κ2) is 6.84. The Bertz CT molecular complexity index is 255. The number of hydrogen-bond acceptors (Lipinski definition) is 3. The second-order valence-corrected chi connectivity index (χ2v) is 5.60. The van der Waals surface area contributed by atoms with Gasteiger partial charge in [0.1, 0.15) is 5.84 Å². The number of amidine groups is 1. The highest BCUT2D eigenvalue weighted by molar-refractivity contribution is 5.79. The maximum absolute atomic E-state index is 8.45. The van der Waals surface area contributed by atoms with Gasteiger partial charge in [0.2, 0.25) is 0 Å². The number of unbranched alkanes of at least 4 members (excludes halogenated alkanes) is 1. The van der Waals surface area contributed by atoms with Crippen LogP contribution in [-0.4, -0.2) is 35.1 Å². The van der Waals surface area contributed by atoms with Crippen molar-refractivity contribution in [3.05, 3.63) is 0 Å². The normalized spacial score (nSPS) is 31.7. The van der Waals surface area contributed by atoms with Gasteiger partial charge < -0.3 is 15.8 Å². The third-order valence-electron chi connectivity index (χ3n) is 3.98. The van der Waals surface area contributed by atoms with Crippen LogP contribution in [0, 0.1) is 11.8 Å². The molecule has 1 aliphatic rings. The van der Waals surface area contributed by atoms with Crippen LogP contribution in [0.25, 0.3) is 0 Å². The molecule has 0 amide bonds. The lowest BCUT2D eigenvalue weighted by molar-refractivity contribution is 0.0784. The molecule has 1 rings (SSSR count). The van der Waals surface area contributed by atoms with E-state index in [1.54, 1.807) is 0 Å². The van der Waals surface area contributed by atoms with Gasteiger partial charge >= 0.3 is 0 Å². The van der Waals surface area contributed by atoms with Crippen LogP contribution < -0.4 is 5.73 Å². The molecule has 0 saturated carbocycles. The van der Waals surface area contributed by atoms with E-state index in [0.29, 0.717) is 18.3 Å². The summed E-state index contributed by atoms with van der Waals surface area (Å²) in [6.07, 6.45) is 4.17.